The van der Waals surface area contributed by atoms with Crippen molar-refractivity contribution in [2.75, 3.05) is 4.90 Å². The number of aromatic nitrogens is 5. The fraction of sp³-hybridized carbons (Fsp3) is 0.250. The van der Waals surface area contributed by atoms with E-state index in [2.05, 4.69) is 34.1 Å². The maximum Gasteiger partial charge on any atom is 0.297 e. The van der Waals surface area contributed by atoms with Crippen molar-refractivity contribution in [2.45, 2.75) is 39.3 Å². The summed E-state index contributed by atoms with van der Waals surface area (Å²) in [6, 6.07) is 17.2. The zero-order valence-corrected chi connectivity index (χ0v) is 20.8. The molecule has 0 spiro atoms. The molecular weight excluding hydrogens is 468 g/mol. The summed E-state index contributed by atoms with van der Waals surface area (Å²) in [6.45, 7) is 6.44. The van der Waals surface area contributed by atoms with Gasteiger partial charge in [0.2, 0.25) is 5.78 Å². The summed E-state index contributed by atoms with van der Waals surface area (Å²) in [7, 11) is 0. The van der Waals surface area contributed by atoms with Gasteiger partial charge in [-0.05, 0) is 41.7 Å². The van der Waals surface area contributed by atoms with Crippen molar-refractivity contribution in [3.8, 4) is 0 Å². The van der Waals surface area contributed by atoms with Gasteiger partial charge in [0.1, 0.15) is 18.6 Å². The highest BCUT2D eigenvalue weighted by molar-refractivity contribution is 6.48. The van der Waals surface area contributed by atoms with E-state index in [1.165, 1.54) is 11.2 Å². The molecular formula is C28H26N6O3. The van der Waals surface area contributed by atoms with Crippen LogP contribution in [0.4, 0.5) is 5.82 Å². The Morgan fingerprint density at radius 1 is 0.946 bits per heavy atom. The predicted octanol–water partition coefficient (Wildman–Crippen LogP) is 3.70. The SMILES string of the molecule is Cc1ccc(N2C(=O)C(=O)C(C(=O)c3ccc(C(C)C)cc3)C2c2ccc(Cn3cncn3)cc2)nn1. The van der Waals surface area contributed by atoms with Crippen LogP contribution < -0.4 is 4.90 Å². The van der Waals surface area contributed by atoms with E-state index in [0.717, 1.165) is 11.1 Å². The van der Waals surface area contributed by atoms with E-state index in [9.17, 15) is 14.4 Å². The number of aryl methyl sites for hydroxylation is 1. The van der Waals surface area contributed by atoms with Gasteiger partial charge in [-0.15, -0.1) is 5.10 Å². The van der Waals surface area contributed by atoms with Gasteiger partial charge in [-0.25, -0.2) is 9.67 Å². The van der Waals surface area contributed by atoms with Crippen LogP contribution in [0, 0.1) is 12.8 Å². The number of carbonyl (C=O) groups is 3. The fourth-order valence-corrected chi connectivity index (χ4v) is 4.57. The quantitative estimate of drug-likeness (QED) is 0.219. The molecule has 2 aromatic heterocycles. The van der Waals surface area contributed by atoms with E-state index in [0.29, 0.717) is 29.3 Å². The summed E-state index contributed by atoms with van der Waals surface area (Å²) < 4.78 is 1.69. The van der Waals surface area contributed by atoms with Gasteiger partial charge in [0, 0.05) is 5.56 Å². The molecule has 0 saturated carbocycles. The Balaban J connectivity index is 1.55. The molecule has 1 aliphatic rings. The minimum atomic E-state index is -1.21. The third-order valence-electron chi connectivity index (χ3n) is 6.61. The van der Waals surface area contributed by atoms with Crippen LogP contribution in [0.15, 0.2) is 73.3 Å². The molecule has 37 heavy (non-hydrogen) atoms. The van der Waals surface area contributed by atoms with Crippen LogP contribution in [-0.4, -0.2) is 42.4 Å². The first-order valence-corrected chi connectivity index (χ1v) is 12.1. The molecule has 1 aliphatic heterocycles. The van der Waals surface area contributed by atoms with Gasteiger partial charge in [-0.3, -0.25) is 19.3 Å². The maximum atomic E-state index is 13.7. The molecule has 0 bridgehead atoms. The van der Waals surface area contributed by atoms with Crippen LogP contribution in [0.5, 0.6) is 0 Å². The normalized spacial score (nSPS) is 17.6. The first-order valence-electron chi connectivity index (χ1n) is 12.1. The molecule has 9 nitrogen and oxygen atoms in total. The Hall–Kier alpha value is -4.53. The second-order valence-electron chi connectivity index (χ2n) is 9.47. The molecule has 2 aromatic carbocycles. The highest BCUT2D eigenvalue weighted by Gasteiger charge is 2.52. The Morgan fingerprint density at radius 2 is 1.68 bits per heavy atom. The molecule has 4 aromatic rings. The molecule has 1 fully saturated rings. The second kappa shape index (κ2) is 9.85. The molecule has 0 N–H and O–H groups in total. The van der Waals surface area contributed by atoms with Gasteiger partial charge in [-0.2, -0.15) is 10.2 Å². The Bertz CT molecular complexity index is 1430. The van der Waals surface area contributed by atoms with E-state index < -0.39 is 29.4 Å². The fourth-order valence-electron chi connectivity index (χ4n) is 4.57. The van der Waals surface area contributed by atoms with Crippen molar-refractivity contribution in [1.29, 1.82) is 0 Å². The van der Waals surface area contributed by atoms with E-state index in [1.807, 2.05) is 36.4 Å². The average Bonchev–Trinajstić information content (AvgIpc) is 3.51. The number of nitrogens with zero attached hydrogens (tertiary/aromatic N) is 6. The minimum absolute atomic E-state index is 0.228. The summed E-state index contributed by atoms with van der Waals surface area (Å²) in [5.74, 6) is -2.59. The van der Waals surface area contributed by atoms with Gasteiger partial charge >= 0.3 is 0 Å². The number of hydrogen-bond donors (Lipinski definition) is 0. The van der Waals surface area contributed by atoms with E-state index >= 15 is 0 Å². The first kappa shape index (κ1) is 24.2. The maximum absolute atomic E-state index is 13.7. The summed E-state index contributed by atoms with van der Waals surface area (Å²) in [6.07, 6.45) is 3.09. The summed E-state index contributed by atoms with van der Waals surface area (Å²) in [4.78, 5) is 45.6. The van der Waals surface area contributed by atoms with Gasteiger partial charge in [-0.1, -0.05) is 62.4 Å². The largest absolute Gasteiger partial charge is 0.297 e. The van der Waals surface area contributed by atoms with Crippen LogP contribution in [-0.2, 0) is 16.1 Å². The topological polar surface area (TPSA) is 111 Å². The summed E-state index contributed by atoms with van der Waals surface area (Å²) in [5.41, 5.74) is 3.76. The van der Waals surface area contributed by atoms with Gasteiger partial charge in [0.15, 0.2) is 11.6 Å². The number of Topliss-reactive ketones (excluding diaryl/α,β-unsaturated/α-hetero) is 2. The molecule has 186 valence electrons. The number of rotatable bonds is 7. The average molecular weight is 495 g/mol. The zero-order chi connectivity index (χ0) is 26.1. The Labute approximate surface area is 214 Å². The van der Waals surface area contributed by atoms with Crippen LogP contribution in [0.25, 0.3) is 0 Å². The van der Waals surface area contributed by atoms with Crippen LogP contribution in [0.3, 0.4) is 0 Å². The van der Waals surface area contributed by atoms with E-state index in [4.69, 9.17) is 0 Å². The first-order chi connectivity index (χ1) is 17.8. The molecule has 0 aliphatic carbocycles. The highest BCUT2D eigenvalue weighted by atomic mass is 16.2. The molecule has 2 atom stereocenters. The third kappa shape index (κ3) is 4.67. The molecule has 1 saturated heterocycles. The lowest BCUT2D eigenvalue weighted by Crippen LogP contribution is -2.31. The van der Waals surface area contributed by atoms with Crippen LogP contribution in [0.1, 0.15) is 58.5 Å². The number of carbonyl (C=O) groups excluding carboxylic acids is 3. The minimum Gasteiger partial charge on any atom is -0.293 e. The van der Waals surface area contributed by atoms with Crippen molar-refractivity contribution in [1.82, 2.24) is 25.0 Å². The number of anilines is 1. The number of hydrogen-bond acceptors (Lipinski definition) is 7. The highest BCUT2D eigenvalue weighted by Crippen LogP contribution is 2.40. The Morgan fingerprint density at radius 3 is 2.27 bits per heavy atom. The van der Waals surface area contributed by atoms with Crippen LogP contribution in [0.2, 0.25) is 0 Å². The number of ketones is 2. The number of benzene rings is 2. The Kier molecular flexibility index (Phi) is 6.43. The van der Waals surface area contributed by atoms with Gasteiger partial charge in [0.25, 0.3) is 5.91 Å². The molecule has 0 radical (unpaired) electrons. The standard InChI is InChI=1S/C28H26N6O3/c1-17(2)20-9-11-22(12-10-20)26(35)24-25(21-7-5-19(6-8-21)14-33-16-29-15-30-33)34(28(37)27(24)36)23-13-4-18(3)31-32-23/h4-13,15-17,24-25H,14H2,1-3H3. The lowest BCUT2D eigenvalue weighted by molar-refractivity contribution is -0.135. The summed E-state index contributed by atoms with van der Waals surface area (Å²) >= 11 is 0. The molecule has 3 heterocycles. The van der Waals surface area contributed by atoms with Gasteiger partial charge < -0.3 is 0 Å². The predicted molar refractivity (Wildman–Crippen MR) is 136 cm³/mol. The van der Waals surface area contributed by atoms with Crippen molar-refractivity contribution in [3.63, 3.8) is 0 Å². The molecule has 9 heteroatoms. The number of amides is 1. The lowest BCUT2D eigenvalue weighted by Gasteiger charge is -2.26. The van der Waals surface area contributed by atoms with Crippen molar-refractivity contribution in [2.24, 2.45) is 5.92 Å². The van der Waals surface area contributed by atoms with E-state index in [-0.39, 0.29) is 5.82 Å². The van der Waals surface area contributed by atoms with Gasteiger partial charge in [0.05, 0.1) is 18.3 Å². The van der Waals surface area contributed by atoms with Crippen molar-refractivity contribution >= 4 is 23.3 Å². The second-order valence-corrected chi connectivity index (χ2v) is 9.47. The van der Waals surface area contributed by atoms with Crippen LogP contribution >= 0.6 is 0 Å². The molecule has 1 amide bonds. The third-order valence-corrected chi connectivity index (χ3v) is 6.61. The molecule has 2 unspecified atom stereocenters. The van der Waals surface area contributed by atoms with Crippen molar-refractivity contribution in [3.05, 3.63) is 101 Å². The van der Waals surface area contributed by atoms with Crippen molar-refractivity contribution < 1.29 is 14.4 Å². The monoisotopic (exact) mass is 494 g/mol. The van der Waals surface area contributed by atoms with E-state index in [1.54, 1.807) is 42.2 Å². The lowest BCUT2D eigenvalue weighted by atomic mass is 9.85. The molecule has 5 rings (SSSR count). The summed E-state index contributed by atoms with van der Waals surface area (Å²) in [5, 5.41) is 12.3. The zero-order valence-electron chi connectivity index (χ0n) is 20.8. The smallest absolute Gasteiger partial charge is 0.293 e.